The lowest BCUT2D eigenvalue weighted by atomic mass is 9.96. The molecule has 2 nitrogen and oxygen atoms in total. The number of nitrogens with zero attached hydrogens (tertiary/aromatic N) is 1. The van der Waals surface area contributed by atoms with Gasteiger partial charge in [0.1, 0.15) is 5.82 Å². The van der Waals surface area contributed by atoms with Gasteiger partial charge < -0.3 is 10.2 Å². The second-order valence-electron chi connectivity index (χ2n) is 5.56. The maximum Gasteiger partial charge on any atom is 0.123 e. The molecule has 1 unspecified atom stereocenters. The van der Waals surface area contributed by atoms with Crippen LogP contribution in [0.1, 0.15) is 38.3 Å². The third-order valence-corrected chi connectivity index (χ3v) is 4.22. The van der Waals surface area contributed by atoms with E-state index in [-0.39, 0.29) is 11.9 Å². The fourth-order valence-electron chi connectivity index (χ4n) is 2.74. The van der Waals surface area contributed by atoms with Gasteiger partial charge in [-0.05, 0) is 69.6 Å². The van der Waals surface area contributed by atoms with Crippen LogP contribution in [0, 0.1) is 11.7 Å². The lowest BCUT2D eigenvalue weighted by molar-refractivity contribution is 0.188. The average Bonchev–Trinajstić information content (AvgIpc) is 2.45. The van der Waals surface area contributed by atoms with Gasteiger partial charge in [-0.25, -0.2) is 4.39 Å². The summed E-state index contributed by atoms with van der Waals surface area (Å²) in [6.07, 6.45) is 2.55. The Kier molecular flexibility index (Phi) is 5.34. The highest BCUT2D eigenvalue weighted by Crippen LogP contribution is 2.18. The van der Waals surface area contributed by atoms with Gasteiger partial charge in [-0.1, -0.05) is 19.1 Å². The minimum absolute atomic E-state index is 0.151. The van der Waals surface area contributed by atoms with E-state index in [9.17, 15) is 4.39 Å². The van der Waals surface area contributed by atoms with E-state index >= 15 is 0 Å². The first kappa shape index (κ1) is 14.5. The summed E-state index contributed by atoms with van der Waals surface area (Å²) in [7, 11) is 0. The number of benzene rings is 1. The zero-order valence-corrected chi connectivity index (χ0v) is 12.0. The van der Waals surface area contributed by atoms with Crippen molar-refractivity contribution < 1.29 is 4.39 Å². The van der Waals surface area contributed by atoms with Gasteiger partial charge >= 0.3 is 0 Å². The highest BCUT2D eigenvalue weighted by atomic mass is 19.1. The molecule has 1 aliphatic rings. The Labute approximate surface area is 116 Å². The molecule has 19 heavy (non-hydrogen) atoms. The van der Waals surface area contributed by atoms with Crippen molar-refractivity contribution in [2.24, 2.45) is 5.92 Å². The number of hydrogen-bond acceptors (Lipinski definition) is 2. The maximum atomic E-state index is 13.2. The van der Waals surface area contributed by atoms with E-state index in [1.54, 1.807) is 12.1 Å². The number of hydrogen-bond donors (Lipinski definition) is 1. The van der Waals surface area contributed by atoms with Gasteiger partial charge in [0.2, 0.25) is 0 Å². The van der Waals surface area contributed by atoms with Gasteiger partial charge in [0.15, 0.2) is 0 Å². The van der Waals surface area contributed by atoms with Crippen molar-refractivity contribution in [3.05, 3.63) is 35.6 Å². The van der Waals surface area contributed by atoms with Gasteiger partial charge in [0.05, 0.1) is 0 Å². The Morgan fingerprint density at radius 1 is 1.37 bits per heavy atom. The molecular weight excluding hydrogens is 239 g/mol. The van der Waals surface area contributed by atoms with Crippen molar-refractivity contribution in [3.63, 3.8) is 0 Å². The molecule has 3 heteroatoms. The quantitative estimate of drug-likeness (QED) is 0.878. The molecule has 0 aromatic heterocycles. The van der Waals surface area contributed by atoms with Gasteiger partial charge in [-0.2, -0.15) is 0 Å². The van der Waals surface area contributed by atoms with Crippen molar-refractivity contribution in [1.29, 1.82) is 0 Å². The summed E-state index contributed by atoms with van der Waals surface area (Å²) in [5.74, 6) is 0.612. The normalized spacial score (nSPS) is 19.5. The molecule has 1 fully saturated rings. The minimum Gasteiger partial charge on any atom is -0.310 e. The van der Waals surface area contributed by atoms with Crippen LogP contribution in [-0.4, -0.2) is 31.1 Å². The van der Waals surface area contributed by atoms with Crippen molar-refractivity contribution in [3.8, 4) is 0 Å². The zero-order valence-electron chi connectivity index (χ0n) is 12.0. The predicted molar refractivity (Wildman–Crippen MR) is 77.7 cm³/mol. The molecule has 1 N–H and O–H groups in total. The lowest BCUT2D eigenvalue weighted by Gasteiger charge is -2.31. The van der Waals surface area contributed by atoms with E-state index in [0.717, 1.165) is 18.0 Å². The Morgan fingerprint density at radius 3 is 2.74 bits per heavy atom. The summed E-state index contributed by atoms with van der Waals surface area (Å²) in [5, 5.41) is 3.54. The number of piperidine rings is 1. The highest BCUT2D eigenvalue weighted by Gasteiger charge is 2.18. The minimum atomic E-state index is -0.151. The molecule has 106 valence electrons. The van der Waals surface area contributed by atoms with E-state index in [0.29, 0.717) is 0 Å². The average molecular weight is 264 g/mol. The van der Waals surface area contributed by atoms with Crippen LogP contribution in [0.3, 0.4) is 0 Å². The second kappa shape index (κ2) is 7.01. The van der Waals surface area contributed by atoms with Crippen LogP contribution in [0.25, 0.3) is 0 Å². The second-order valence-corrected chi connectivity index (χ2v) is 5.56. The first-order chi connectivity index (χ1) is 9.19. The molecule has 1 atom stereocenters. The summed E-state index contributed by atoms with van der Waals surface area (Å²) < 4.78 is 13.2. The first-order valence-electron chi connectivity index (χ1n) is 7.40. The standard InChI is InChI=1S/C16H25FN2/c1-3-19-9-7-14(8-10-19)12-18-13(2)15-5-4-6-16(17)11-15/h4-6,11,13-14,18H,3,7-10,12H2,1-2H3. The first-order valence-corrected chi connectivity index (χ1v) is 7.40. The van der Waals surface area contributed by atoms with Crippen LogP contribution in [0.2, 0.25) is 0 Å². The number of halogens is 1. The Bertz CT molecular complexity index is 386. The summed E-state index contributed by atoms with van der Waals surface area (Å²) in [5.41, 5.74) is 1.03. The predicted octanol–water partition coefficient (Wildman–Crippen LogP) is 3.21. The molecule has 1 saturated heterocycles. The van der Waals surface area contributed by atoms with Crippen LogP contribution < -0.4 is 5.32 Å². The topological polar surface area (TPSA) is 15.3 Å². The van der Waals surface area contributed by atoms with Crippen molar-refractivity contribution in [2.45, 2.75) is 32.7 Å². The third kappa shape index (κ3) is 4.29. The van der Waals surface area contributed by atoms with Crippen molar-refractivity contribution in [1.82, 2.24) is 10.2 Å². The summed E-state index contributed by atoms with van der Waals surface area (Å²) in [6.45, 7) is 8.98. The Morgan fingerprint density at radius 2 is 2.11 bits per heavy atom. The number of nitrogens with one attached hydrogen (secondary N) is 1. The lowest BCUT2D eigenvalue weighted by Crippen LogP contribution is -2.37. The molecule has 1 aromatic carbocycles. The van der Waals surface area contributed by atoms with Gasteiger partial charge in [-0.15, -0.1) is 0 Å². The van der Waals surface area contributed by atoms with Gasteiger partial charge in [0, 0.05) is 6.04 Å². The smallest absolute Gasteiger partial charge is 0.123 e. The van der Waals surface area contributed by atoms with E-state index in [2.05, 4.69) is 24.1 Å². The van der Waals surface area contributed by atoms with Gasteiger partial charge in [-0.3, -0.25) is 0 Å². The molecule has 1 aliphatic heterocycles. The fourth-order valence-corrected chi connectivity index (χ4v) is 2.74. The molecular formula is C16H25FN2. The van der Waals surface area contributed by atoms with Crippen LogP contribution in [-0.2, 0) is 0 Å². The van der Waals surface area contributed by atoms with Crippen molar-refractivity contribution in [2.75, 3.05) is 26.2 Å². The number of likely N-dealkylation sites (tertiary alicyclic amines) is 1. The van der Waals surface area contributed by atoms with E-state index in [1.807, 2.05) is 6.07 Å². The van der Waals surface area contributed by atoms with Crippen molar-refractivity contribution >= 4 is 0 Å². The Hall–Kier alpha value is -0.930. The largest absolute Gasteiger partial charge is 0.310 e. The van der Waals surface area contributed by atoms with Crippen LogP contribution in [0.4, 0.5) is 4.39 Å². The SMILES string of the molecule is CCN1CCC(CNC(C)c2cccc(F)c2)CC1. The third-order valence-electron chi connectivity index (χ3n) is 4.22. The monoisotopic (exact) mass is 264 g/mol. The molecule has 2 rings (SSSR count). The Balaban J connectivity index is 1.76. The van der Waals surface area contributed by atoms with Crippen LogP contribution in [0.15, 0.2) is 24.3 Å². The molecule has 0 amide bonds. The highest BCUT2D eigenvalue weighted by molar-refractivity contribution is 5.19. The summed E-state index contributed by atoms with van der Waals surface area (Å²) >= 11 is 0. The molecule has 0 aliphatic carbocycles. The molecule has 0 bridgehead atoms. The van der Waals surface area contributed by atoms with E-state index in [1.165, 1.54) is 38.5 Å². The molecule has 1 aromatic rings. The zero-order chi connectivity index (χ0) is 13.7. The molecule has 0 spiro atoms. The van der Waals surface area contributed by atoms with Crippen LogP contribution in [0.5, 0.6) is 0 Å². The molecule has 0 saturated carbocycles. The molecule has 1 heterocycles. The van der Waals surface area contributed by atoms with E-state index < -0.39 is 0 Å². The van der Waals surface area contributed by atoms with Crippen LogP contribution >= 0.6 is 0 Å². The maximum absolute atomic E-state index is 13.2. The summed E-state index contributed by atoms with van der Waals surface area (Å²) in [6, 6.07) is 7.11. The van der Waals surface area contributed by atoms with Gasteiger partial charge in [0.25, 0.3) is 0 Å². The van der Waals surface area contributed by atoms with E-state index in [4.69, 9.17) is 0 Å². The fraction of sp³-hybridized carbons (Fsp3) is 0.625. The number of rotatable bonds is 5. The summed E-state index contributed by atoms with van der Waals surface area (Å²) in [4.78, 5) is 2.51. The molecule has 0 radical (unpaired) electrons.